The lowest BCUT2D eigenvalue weighted by Gasteiger charge is -2.20. The number of nitrogens with zero attached hydrogens (tertiary/aromatic N) is 3. The fourth-order valence-electron chi connectivity index (χ4n) is 2.96. The zero-order chi connectivity index (χ0) is 22.7. The summed E-state index contributed by atoms with van der Waals surface area (Å²) in [7, 11) is 0. The maximum Gasteiger partial charge on any atom is 0.329 e. The van der Waals surface area contributed by atoms with E-state index in [1.807, 2.05) is 0 Å². The van der Waals surface area contributed by atoms with Crippen molar-refractivity contribution in [1.29, 1.82) is 5.26 Å². The average Bonchev–Trinajstić information content (AvgIpc) is 3.02. The number of carbonyl (C=O) groups excluding carboxylic acids is 4. The molecule has 0 saturated heterocycles. The standard InChI is InChI=1S/C20H14N4O7/c1-11(23-18(26)14-4-2-3-5-15(14)19(23)27)20(28)31-10-17(25)22-16-7-6-13(24(29)30)8-12(16)9-21/h2-8,11H,10H2,1H3,(H,22,25). The fourth-order valence-corrected chi connectivity index (χ4v) is 2.96. The van der Waals surface area contributed by atoms with E-state index in [1.54, 1.807) is 18.2 Å². The smallest absolute Gasteiger partial charge is 0.329 e. The van der Waals surface area contributed by atoms with Crippen LogP contribution in [-0.4, -0.2) is 46.2 Å². The molecule has 156 valence electrons. The van der Waals surface area contributed by atoms with Crippen molar-refractivity contribution in [3.63, 3.8) is 0 Å². The van der Waals surface area contributed by atoms with Crippen molar-refractivity contribution in [1.82, 2.24) is 4.90 Å². The van der Waals surface area contributed by atoms with Crippen LogP contribution in [0.5, 0.6) is 0 Å². The third-order valence-electron chi connectivity index (χ3n) is 4.51. The number of hydrogen-bond donors (Lipinski definition) is 1. The van der Waals surface area contributed by atoms with Crippen LogP contribution in [0.25, 0.3) is 0 Å². The van der Waals surface area contributed by atoms with Crippen molar-refractivity contribution in [2.75, 3.05) is 11.9 Å². The molecule has 0 aliphatic carbocycles. The quantitative estimate of drug-likeness (QED) is 0.318. The number of rotatable bonds is 6. The summed E-state index contributed by atoms with van der Waals surface area (Å²) in [6.45, 7) is 0.542. The van der Waals surface area contributed by atoms with Crippen LogP contribution in [0.15, 0.2) is 42.5 Å². The van der Waals surface area contributed by atoms with Crippen molar-refractivity contribution in [3.8, 4) is 6.07 Å². The Kier molecular flexibility index (Phi) is 5.74. The van der Waals surface area contributed by atoms with Crippen molar-refractivity contribution in [3.05, 3.63) is 69.3 Å². The number of ether oxygens (including phenoxy) is 1. The van der Waals surface area contributed by atoms with Crippen LogP contribution in [0.4, 0.5) is 11.4 Å². The summed E-state index contributed by atoms with van der Waals surface area (Å²) in [5, 5.41) is 22.2. The number of fused-ring (bicyclic) bond motifs is 1. The highest BCUT2D eigenvalue weighted by molar-refractivity contribution is 6.22. The maximum atomic E-state index is 12.4. The number of anilines is 1. The van der Waals surface area contributed by atoms with Crippen LogP contribution in [0.1, 0.15) is 33.2 Å². The second-order valence-corrected chi connectivity index (χ2v) is 6.46. The van der Waals surface area contributed by atoms with Crippen molar-refractivity contribution in [2.45, 2.75) is 13.0 Å². The van der Waals surface area contributed by atoms with E-state index in [0.717, 1.165) is 17.0 Å². The third-order valence-corrected chi connectivity index (χ3v) is 4.51. The first-order valence-corrected chi connectivity index (χ1v) is 8.86. The molecular weight excluding hydrogens is 408 g/mol. The number of hydrogen-bond acceptors (Lipinski definition) is 8. The molecule has 0 spiro atoms. The second kappa shape index (κ2) is 8.42. The maximum absolute atomic E-state index is 12.4. The van der Waals surface area contributed by atoms with Crippen LogP contribution >= 0.6 is 0 Å². The number of amides is 3. The lowest BCUT2D eigenvalue weighted by atomic mass is 10.1. The van der Waals surface area contributed by atoms with Gasteiger partial charge in [-0.25, -0.2) is 4.79 Å². The second-order valence-electron chi connectivity index (χ2n) is 6.46. The van der Waals surface area contributed by atoms with Crippen molar-refractivity contribution < 1.29 is 28.8 Å². The van der Waals surface area contributed by atoms with Gasteiger partial charge in [-0.3, -0.25) is 29.4 Å². The Balaban J connectivity index is 1.62. The zero-order valence-electron chi connectivity index (χ0n) is 16.0. The summed E-state index contributed by atoms with van der Waals surface area (Å²) in [5.41, 5.74) is -0.120. The molecule has 2 aromatic rings. The Labute approximate surface area is 175 Å². The number of nitrogens with one attached hydrogen (secondary N) is 1. The number of nitro groups is 1. The van der Waals surface area contributed by atoms with Crippen molar-refractivity contribution >= 4 is 35.1 Å². The summed E-state index contributed by atoms with van der Waals surface area (Å²) in [5.74, 6) is -3.07. The molecule has 0 saturated carbocycles. The van der Waals surface area contributed by atoms with Crippen LogP contribution in [0.3, 0.4) is 0 Å². The Bertz CT molecular complexity index is 1130. The number of non-ortho nitro benzene ring substituents is 1. The molecule has 11 heteroatoms. The first kappa shape index (κ1) is 21.1. The highest BCUT2D eigenvalue weighted by atomic mass is 16.6. The number of esters is 1. The topological polar surface area (TPSA) is 160 Å². The number of nitro benzene ring substituents is 1. The Morgan fingerprint density at radius 3 is 2.35 bits per heavy atom. The van der Waals surface area contributed by atoms with Gasteiger partial charge in [0.1, 0.15) is 12.1 Å². The van der Waals surface area contributed by atoms with Crippen LogP contribution in [-0.2, 0) is 14.3 Å². The molecule has 31 heavy (non-hydrogen) atoms. The van der Waals surface area contributed by atoms with Gasteiger partial charge in [0.15, 0.2) is 6.61 Å². The summed E-state index contributed by atoms with van der Waals surface area (Å²) in [6, 6.07) is 9.86. The molecule has 1 atom stereocenters. The van der Waals surface area contributed by atoms with E-state index in [-0.39, 0.29) is 28.1 Å². The van der Waals surface area contributed by atoms with Gasteiger partial charge >= 0.3 is 5.97 Å². The Hall–Kier alpha value is -4.59. The molecule has 1 unspecified atom stereocenters. The molecule has 0 aromatic heterocycles. The van der Waals surface area contributed by atoms with Crippen LogP contribution < -0.4 is 5.32 Å². The van der Waals surface area contributed by atoms with Gasteiger partial charge in [-0.2, -0.15) is 5.26 Å². The number of imide groups is 1. The van der Waals surface area contributed by atoms with Gasteiger partial charge in [-0.15, -0.1) is 0 Å². The van der Waals surface area contributed by atoms with E-state index < -0.39 is 41.3 Å². The van der Waals surface area contributed by atoms with Crippen molar-refractivity contribution in [2.24, 2.45) is 0 Å². The van der Waals surface area contributed by atoms with Gasteiger partial charge in [0.25, 0.3) is 23.4 Å². The van der Waals surface area contributed by atoms with Gasteiger partial charge in [0.2, 0.25) is 0 Å². The van der Waals surface area contributed by atoms with Gasteiger partial charge in [-0.1, -0.05) is 12.1 Å². The molecule has 0 bridgehead atoms. The monoisotopic (exact) mass is 422 g/mol. The Morgan fingerprint density at radius 1 is 1.19 bits per heavy atom. The lowest BCUT2D eigenvalue weighted by Crippen LogP contribution is -2.44. The van der Waals surface area contributed by atoms with E-state index in [1.165, 1.54) is 25.1 Å². The minimum Gasteiger partial charge on any atom is -0.454 e. The molecule has 1 aliphatic heterocycles. The summed E-state index contributed by atoms with van der Waals surface area (Å²) in [6.07, 6.45) is 0. The lowest BCUT2D eigenvalue weighted by molar-refractivity contribution is -0.384. The van der Waals surface area contributed by atoms with E-state index in [2.05, 4.69) is 5.32 Å². The third kappa shape index (κ3) is 4.08. The fraction of sp³-hybridized carbons (Fsp3) is 0.150. The van der Waals surface area contributed by atoms with Crippen LogP contribution in [0, 0.1) is 21.4 Å². The highest BCUT2D eigenvalue weighted by Gasteiger charge is 2.41. The first-order chi connectivity index (χ1) is 14.7. The molecule has 3 rings (SSSR count). The van der Waals surface area contributed by atoms with E-state index in [0.29, 0.717) is 0 Å². The number of nitriles is 1. The van der Waals surface area contributed by atoms with Gasteiger partial charge < -0.3 is 10.1 Å². The predicted molar refractivity (Wildman–Crippen MR) is 104 cm³/mol. The molecule has 0 radical (unpaired) electrons. The van der Waals surface area contributed by atoms with Gasteiger partial charge in [0, 0.05) is 12.1 Å². The summed E-state index contributed by atoms with van der Waals surface area (Å²) in [4.78, 5) is 60.1. The molecule has 1 heterocycles. The minimum absolute atomic E-state index is 0.00236. The van der Waals surface area contributed by atoms with Gasteiger partial charge in [0.05, 0.1) is 27.3 Å². The highest BCUT2D eigenvalue weighted by Crippen LogP contribution is 2.25. The molecule has 0 fully saturated rings. The molecule has 1 aliphatic rings. The molecule has 3 amide bonds. The van der Waals surface area contributed by atoms with Gasteiger partial charge in [-0.05, 0) is 25.1 Å². The van der Waals surface area contributed by atoms with E-state index >= 15 is 0 Å². The van der Waals surface area contributed by atoms with E-state index in [4.69, 9.17) is 10.00 Å². The first-order valence-electron chi connectivity index (χ1n) is 8.86. The minimum atomic E-state index is -1.27. The number of benzene rings is 2. The molecule has 2 aromatic carbocycles. The Morgan fingerprint density at radius 2 is 1.81 bits per heavy atom. The zero-order valence-corrected chi connectivity index (χ0v) is 16.0. The molecule has 11 nitrogen and oxygen atoms in total. The largest absolute Gasteiger partial charge is 0.454 e. The average molecular weight is 422 g/mol. The predicted octanol–water partition coefficient (Wildman–Crippen LogP) is 1.63. The summed E-state index contributed by atoms with van der Waals surface area (Å²) >= 11 is 0. The van der Waals surface area contributed by atoms with Crippen LogP contribution in [0.2, 0.25) is 0 Å². The summed E-state index contributed by atoms with van der Waals surface area (Å²) < 4.78 is 4.89. The SMILES string of the molecule is CC(C(=O)OCC(=O)Nc1ccc([N+](=O)[O-])cc1C#N)N1C(=O)c2ccccc2C1=O. The normalized spacial score (nSPS) is 13.2. The van der Waals surface area contributed by atoms with E-state index in [9.17, 15) is 29.3 Å². The molecular formula is C20H14N4O7. The molecule has 1 N–H and O–H groups in total. The number of carbonyl (C=O) groups is 4.